The molecule has 2 aromatic heterocycles. The molecule has 1 aliphatic heterocycles. The Hall–Kier alpha value is -4.40. The zero-order valence-electron chi connectivity index (χ0n) is 22.8. The Morgan fingerprint density at radius 1 is 1.18 bits per heavy atom. The molecule has 1 aliphatic carbocycles. The third-order valence-electron chi connectivity index (χ3n) is 6.86. The molecule has 206 valence electrons. The molecule has 0 radical (unpaired) electrons. The molecule has 0 saturated carbocycles. The number of aromatic nitrogens is 4. The molecule has 3 aromatic rings. The van der Waals surface area contributed by atoms with E-state index in [-0.39, 0.29) is 18.5 Å². The van der Waals surface area contributed by atoms with Gasteiger partial charge in [-0.25, -0.2) is 19.3 Å². The fraction of sp³-hybridized carbons (Fsp3) is 0.323. The fourth-order valence-corrected chi connectivity index (χ4v) is 4.83. The van der Waals surface area contributed by atoms with E-state index >= 15 is 0 Å². The number of nitrogens with zero attached hydrogens (tertiary/aromatic N) is 4. The zero-order valence-corrected chi connectivity index (χ0v) is 22.8. The Labute approximate surface area is 233 Å². The number of nitrogens with one attached hydrogen (secondary N) is 3. The van der Waals surface area contributed by atoms with Crippen LogP contribution in [0.5, 0.6) is 0 Å². The SMILES string of the molecule is CC(C)CNc1nccc(-c2c(C3=CCC(F)C=C3)nc3n2C(COC(=N)/C=C\C(=N)c2ccccc2)CC3)n1. The van der Waals surface area contributed by atoms with Gasteiger partial charge in [-0.05, 0) is 41.7 Å². The van der Waals surface area contributed by atoms with Crippen LogP contribution < -0.4 is 5.32 Å². The minimum Gasteiger partial charge on any atom is -0.476 e. The molecule has 3 N–H and O–H groups in total. The molecule has 8 nitrogen and oxygen atoms in total. The van der Waals surface area contributed by atoms with Crippen molar-refractivity contribution in [3.8, 4) is 11.4 Å². The number of hydrogen-bond donors (Lipinski definition) is 3. The molecule has 0 spiro atoms. The number of fused-ring (bicyclic) bond motifs is 1. The Bertz CT molecular complexity index is 1470. The fourth-order valence-electron chi connectivity index (χ4n) is 4.83. The number of anilines is 1. The molecular weight excluding hydrogens is 505 g/mol. The van der Waals surface area contributed by atoms with Gasteiger partial charge in [0.15, 0.2) is 0 Å². The molecule has 2 atom stereocenters. The third-order valence-corrected chi connectivity index (χ3v) is 6.86. The van der Waals surface area contributed by atoms with E-state index in [1.165, 1.54) is 6.08 Å². The smallest absolute Gasteiger partial charge is 0.223 e. The molecule has 3 heterocycles. The van der Waals surface area contributed by atoms with Gasteiger partial charge >= 0.3 is 0 Å². The second kappa shape index (κ2) is 12.2. The van der Waals surface area contributed by atoms with Crippen LogP contribution in [0, 0.1) is 16.7 Å². The standard InChI is InChI=1S/C31H34FN7O/c1-20(2)18-36-31-35-17-16-26(37-31)30-29(22-8-10-23(32)11-9-22)38-28-15-12-24(39(28)30)19-40-27(34)14-13-25(33)21-6-4-3-5-7-21/h3-10,13-14,16-17,20,23-24,33-34H,11-12,15,18-19H2,1-2H3,(H,35,36,37)/b14-13-,33-25?,34-27?. The van der Waals surface area contributed by atoms with Gasteiger partial charge in [-0.2, -0.15) is 0 Å². The van der Waals surface area contributed by atoms with Gasteiger partial charge in [0.2, 0.25) is 11.8 Å². The normalized spacial score (nSPS) is 18.1. The van der Waals surface area contributed by atoms with E-state index < -0.39 is 6.17 Å². The second-order valence-electron chi connectivity index (χ2n) is 10.4. The second-order valence-corrected chi connectivity index (χ2v) is 10.4. The maximum absolute atomic E-state index is 13.9. The van der Waals surface area contributed by atoms with E-state index in [0.29, 0.717) is 24.0 Å². The molecular formula is C31H34FN7O. The summed E-state index contributed by atoms with van der Waals surface area (Å²) in [6.45, 7) is 5.28. The Balaban J connectivity index is 1.39. The van der Waals surface area contributed by atoms with Gasteiger partial charge < -0.3 is 20.0 Å². The highest BCUT2D eigenvalue weighted by molar-refractivity contribution is 6.08. The highest BCUT2D eigenvalue weighted by atomic mass is 19.1. The van der Waals surface area contributed by atoms with Crippen molar-refractivity contribution >= 4 is 23.1 Å². The lowest BCUT2D eigenvalue weighted by atomic mass is 10.0. The van der Waals surface area contributed by atoms with Crippen molar-refractivity contribution in [2.45, 2.75) is 45.3 Å². The molecule has 0 bridgehead atoms. The highest BCUT2D eigenvalue weighted by Crippen LogP contribution is 2.39. The first-order chi connectivity index (χ1) is 19.4. The number of alkyl halides is 1. The van der Waals surface area contributed by atoms with Crippen molar-refractivity contribution in [2.75, 3.05) is 18.5 Å². The minimum absolute atomic E-state index is 0.00913. The van der Waals surface area contributed by atoms with E-state index in [1.807, 2.05) is 42.5 Å². The molecule has 0 amide bonds. The summed E-state index contributed by atoms with van der Waals surface area (Å²) in [5.41, 5.74) is 4.30. The maximum atomic E-state index is 13.9. The molecule has 9 heteroatoms. The van der Waals surface area contributed by atoms with Crippen molar-refractivity contribution in [3.05, 3.63) is 90.1 Å². The van der Waals surface area contributed by atoms with E-state index in [2.05, 4.69) is 28.7 Å². The van der Waals surface area contributed by atoms with Crippen molar-refractivity contribution in [1.29, 1.82) is 10.8 Å². The number of halogens is 1. The van der Waals surface area contributed by atoms with Crippen molar-refractivity contribution in [2.24, 2.45) is 5.92 Å². The molecule has 1 aromatic carbocycles. The number of imidazole rings is 1. The number of ether oxygens (including phenoxy) is 1. The lowest BCUT2D eigenvalue weighted by Gasteiger charge is -2.18. The van der Waals surface area contributed by atoms with Crippen LogP contribution in [0.15, 0.2) is 73.0 Å². The maximum Gasteiger partial charge on any atom is 0.223 e. The van der Waals surface area contributed by atoms with Crippen LogP contribution in [0.2, 0.25) is 0 Å². The monoisotopic (exact) mass is 539 g/mol. The summed E-state index contributed by atoms with van der Waals surface area (Å²) in [4.78, 5) is 14.2. The summed E-state index contributed by atoms with van der Waals surface area (Å²) in [7, 11) is 0. The number of hydrogen-bond acceptors (Lipinski definition) is 7. The average molecular weight is 540 g/mol. The van der Waals surface area contributed by atoms with Gasteiger partial charge in [0.1, 0.15) is 18.6 Å². The van der Waals surface area contributed by atoms with Crippen LogP contribution in [0.3, 0.4) is 0 Å². The first-order valence-corrected chi connectivity index (χ1v) is 13.6. The van der Waals surface area contributed by atoms with Gasteiger partial charge in [0, 0.05) is 31.7 Å². The van der Waals surface area contributed by atoms with Crippen LogP contribution in [0.4, 0.5) is 10.3 Å². The lowest BCUT2D eigenvalue weighted by Crippen LogP contribution is -2.16. The van der Waals surface area contributed by atoms with Gasteiger partial charge in [-0.15, -0.1) is 0 Å². The molecule has 0 fully saturated rings. The predicted molar refractivity (Wildman–Crippen MR) is 157 cm³/mol. The Morgan fingerprint density at radius 3 is 2.75 bits per heavy atom. The largest absolute Gasteiger partial charge is 0.476 e. The highest BCUT2D eigenvalue weighted by Gasteiger charge is 2.32. The predicted octanol–water partition coefficient (Wildman–Crippen LogP) is 6.19. The van der Waals surface area contributed by atoms with Crippen LogP contribution in [0.1, 0.15) is 49.8 Å². The van der Waals surface area contributed by atoms with Crippen LogP contribution in [-0.4, -0.2) is 50.5 Å². The van der Waals surface area contributed by atoms with E-state index in [0.717, 1.165) is 53.4 Å². The topological polar surface area (TPSA) is 113 Å². The quantitative estimate of drug-likeness (QED) is 0.210. The van der Waals surface area contributed by atoms with E-state index in [4.69, 9.17) is 25.5 Å². The minimum atomic E-state index is -0.990. The summed E-state index contributed by atoms with van der Waals surface area (Å²) in [5, 5.41) is 19.8. The van der Waals surface area contributed by atoms with E-state index in [1.54, 1.807) is 24.4 Å². The Kier molecular flexibility index (Phi) is 8.28. The molecule has 2 aliphatic rings. The molecule has 5 rings (SSSR count). The first kappa shape index (κ1) is 27.2. The Morgan fingerprint density at radius 2 is 2.00 bits per heavy atom. The van der Waals surface area contributed by atoms with Crippen LogP contribution >= 0.6 is 0 Å². The van der Waals surface area contributed by atoms with Gasteiger partial charge in [0.05, 0.1) is 28.8 Å². The van der Waals surface area contributed by atoms with Crippen molar-refractivity contribution < 1.29 is 9.13 Å². The third kappa shape index (κ3) is 6.25. The summed E-state index contributed by atoms with van der Waals surface area (Å²) >= 11 is 0. The van der Waals surface area contributed by atoms with E-state index in [9.17, 15) is 4.39 Å². The lowest BCUT2D eigenvalue weighted by molar-refractivity contribution is 0.244. The molecule has 0 saturated heterocycles. The summed E-state index contributed by atoms with van der Waals surface area (Å²) in [6.07, 6.45) is 11.0. The van der Waals surface area contributed by atoms with Gasteiger partial charge in [0.25, 0.3) is 0 Å². The number of rotatable bonds is 10. The molecule has 40 heavy (non-hydrogen) atoms. The number of aryl methyl sites for hydroxylation is 1. The van der Waals surface area contributed by atoms with Crippen molar-refractivity contribution in [1.82, 2.24) is 19.5 Å². The average Bonchev–Trinajstić information content (AvgIpc) is 3.54. The van der Waals surface area contributed by atoms with Gasteiger partial charge in [-0.1, -0.05) is 56.3 Å². The first-order valence-electron chi connectivity index (χ1n) is 13.6. The summed E-state index contributed by atoms with van der Waals surface area (Å²) in [5.74, 6) is 1.89. The summed E-state index contributed by atoms with van der Waals surface area (Å²) in [6, 6.07) is 11.2. The summed E-state index contributed by atoms with van der Waals surface area (Å²) < 4.78 is 21.9. The van der Waals surface area contributed by atoms with Gasteiger partial charge in [-0.3, -0.25) is 5.41 Å². The number of allylic oxidation sites excluding steroid dienone is 5. The molecule has 2 unspecified atom stereocenters. The van der Waals surface area contributed by atoms with Crippen LogP contribution in [-0.2, 0) is 11.2 Å². The number of benzene rings is 1. The van der Waals surface area contributed by atoms with Crippen molar-refractivity contribution in [3.63, 3.8) is 0 Å². The van der Waals surface area contributed by atoms with Crippen LogP contribution in [0.25, 0.3) is 17.0 Å². The zero-order chi connectivity index (χ0) is 28.1.